The van der Waals surface area contributed by atoms with Crippen LogP contribution in [0.2, 0.25) is 0 Å². The lowest BCUT2D eigenvalue weighted by molar-refractivity contribution is -0.215. The van der Waals surface area contributed by atoms with E-state index < -0.39 is 24.2 Å². The van der Waals surface area contributed by atoms with Crippen LogP contribution in [0.25, 0.3) is 0 Å². The van der Waals surface area contributed by atoms with Crippen LogP contribution in [0.15, 0.2) is 36.3 Å². The smallest absolute Gasteiger partial charge is 0.259 e. The molecule has 5 fully saturated rings. The van der Waals surface area contributed by atoms with E-state index in [1.807, 2.05) is 18.3 Å². The van der Waals surface area contributed by atoms with Gasteiger partial charge in [-0.05, 0) is 49.1 Å². The Morgan fingerprint density at radius 2 is 1.97 bits per heavy atom. The monoisotopic (exact) mass is 538 g/mol. The second-order valence-corrected chi connectivity index (χ2v) is 12.3. The number of carbonyl (C=O) groups excluding carboxylic acids is 2. The summed E-state index contributed by atoms with van der Waals surface area (Å²) in [7, 11) is 0. The van der Waals surface area contributed by atoms with Crippen molar-refractivity contribution in [3.8, 4) is 0 Å². The van der Waals surface area contributed by atoms with Crippen LogP contribution >= 0.6 is 0 Å². The van der Waals surface area contributed by atoms with Gasteiger partial charge in [-0.25, -0.2) is 4.39 Å². The van der Waals surface area contributed by atoms with Gasteiger partial charge in [-0.1, -0.05) is 25.3 Å². The van der Waals surface area contributed by atoms with Gasteiger partial charge in [0.25, 0.3) is 5.91 Å². The number of Topliss-reactive ketones (excluding diaryl/α,β-unsaturated/α-hetero) is 1. The molecule has 3 saturated carbocycles. The molecule has 6 aliphatic rings. The molecule has 1 aromatic rings. The Labute approximate surface area is 229 Å². The number of aromatic nitrogens is 1. The minimum absolute atomic E-state index is 0.0246. The van der Waals surface area contributed by atoms with E-state index in [1.165, 1.54) is 19.3 Å². The number of fused-ring (bicyclic) bond motifs is 4. The Kier molecular flexibility index (Phi) is 6.93. The maximum atomic E-state index is 16.0. The van der Waals surface area contributed by atoms with Gasteiger partial charge in [0.1, 0.15) is 6.17 Å². The molecule has 9 atom stereocenters. The van der Waals surface area contributed by atoms with Crippen LogP contribution in [0.5, 0.6) is 0 Å². The van der Waals surface area contributed by atoms with E-state index in [-0.39, 0.29) is 41.9 Å². The van der Waals surface area contributed by atoms with Crippen LogP contribution in [-0.4, -0.2) is 89.3 Å². The van der Waals surface area contributed by atoms with E-state index in [4.69, 9.17) is 9.47 Å². The Balaban J connectivity index is 1.24. The topological polar surface area (TPSA) is 84.0 Å². The van der Waals surface area contributed by atoms with E-state index in [0.717, 1.165) is 24.8 Å². The number of morpholine rings is 2. The summed E-state index contributed by atoms with van der Waals surface area (Å²) >= 11 is 0. The number of carbonyl (C=O) groups is 2. The largest absolute Gasteiger partial charge is 0.378 e. The van der Waals surface area contributed by atoms with E-state index in [1.54, 1.807) is 17.3 Å². The zero-order valence-electron chi connectivity index (χ0n) is 22.4. The van der Waals surface area contributed by atoms with Crippen molar-refractivity contribution in [3.63, 3.8) is 0 Å². The van der Waals surface area contributed by atoms with Crippen LogP contribution in [0, 0.1) is 17.8 Å². The zero-order valence-corrected chi connectivity index (χ0v) is 22.4. The predicted octanol–water partition coefficient (Wildman–Crippen LogP) is 2.63. The van der Waals surface area contributed by atoms with Gasteiger partial charge in [0, 0.05) is 44.1 Å². The normalized spacial score (nSPS) is 39.8. The second-order valence-electron chi connectivity index (χ2n) is 12.3. The molecule has 4 heterocycles. The molecule has 1 N–H and O–H groups in total. The molecule has 7 rings (SSSR count). The molecule has 2 saturated heterocycles. The van der Waals surface area contributed by atoms with Crippen LogP contribution in [-0.2, 0) is 25.6 Å². The fourth-order valence-corrected chi connectivity index (χ4v) is 8.48. The minimum Gasteiger partial charge on any atom is -0.378 e. The first-order chi connectivity index (χ1) is 19.1. The number of pyridine rings is 1. The first-order valence-corrected chi connectivity index (χ1v) is 14.9. The van der Waals surface area contributed by atoms with Gasteiger partial charge in [0.05, 0.1) is 49.1 Å². The summed E-state index contributed by atoms with van der Waals surface area (Å²) in [6, 6.07) is 3.19. The SMILES string of the molecule is O=C1C(C(=O)N2CCOCC2)=CN2C3C(CCC4CCCCC43)OC3C(NCc4cccnc4)C(F)CC1C32. The van der Waals surface area contributed by atoms with E-state index >= 15 is 4.39 Å². The molecule has 9 unspecified atom stereocenters. The number of alkyl halides is 1. The number of nitrogens with one attached hydrogen (secondary N) is 1. The van der Waals surface area contributed by atoms with Gasteiger partial charge in [0.15, 0.2) is 5.78 Å². The molecule has 0 radical (unpaired) electrons. The van der Waals surface area contributed by atoms with Crippen molar-refractivity contribution < 1.29 is 23.5 Å². The lowest BCUT2D eigenvalue weighted by Crippen LogP contribution is -2.74. The molecule has 3 aliphatic heterocycles. The fourth-order valence-electron chi connectivity index (χ4n) is 8.48. The minimum atomic E-state index is -1.25. The maximum Gasteiger partial charge on any atom is 0.259 e. The molecule has 3 aliphatic carbocycles. The highest BCUT2D eigenvalue weighted by atomic mass is 19.1. The highest BCUT2D eigenvalue weighted by Gasteiger charge is 2.60. The van der Waals surface area contributed by atoms with Gasteiger partial charge in [0.2, 0.25) is 0 Å². The third-order valence-corrected chi connectivity index (χ3v) is 10.3. The Morgan fingerprint density at radius 1 is 1.13 bits per heavy atom. The standard InChI is InChI=1S/C30H39FN4O4/c31-23-14-21-27-29(25(23)33-16-18-4-3-9-32-15-18)39-24-8-7-19-5-1-2-6-20(19)26(24)35(27)17-22(28(21)36)30(37)34-10-12-38-13-11-34/h3-4,9,15,17,19-21,23-27,29,33H,1-2,5-8,10-14,16H2. The second kappa shape index (κ2) is 10.6. The maximum absolute atomic E-state index is 16.0. The quantitative estimate of drug-likeness (QED) is 0.590. The van der Waals surface area contributed by atoms with Crippen molar-refractivity contribution in [3.05, 3.63) is 41.9 Å². The summed E-state index contributed by atoms with van der Waals surface area (Å²) in [5.41, 5.74) is 1.21. The number of hydrogen-bond acceptors (Lipinski definition) is 7. The molecule has 8 nitrogen and oxygen atoms in total. The van der Waals surface area contributed by atoms with Gasteiger partial charge < -0.3 is 24.6 Å². The van der Waals surface area contributed by atoms with Gasteiger partial charge in [-0.15, -0.1) is 0 Å². The molecular formula is C30H39FN4O4. The highest BCUT2D eigenvalue weighted by molar-refractivity contribution is 6.20. The molecule has 1 amide bonds. The average Bonchev–Trinajstić information content (AvgIpc) is 2.98. The van der Waals surface area contributed by atoms with Crippen molar-refractivity contribution in [1.82, 2.24) is 20.1 Å². The van der Waals surface area contributed by atoms with Crippen molar-refractivity contribution in [2.24, 2.45) is 17.8 Å². The number of ether oxygens (including phenoxy) is 2. The molecular weight excluding hydrogens is 499 g/mol. The predicted molar refractivity (Wildman–Crippen MR) is 141 cm³/mol. The summed E-state index contributed by atoms with van der Waals surface area (Å²) < 4.78 is 28.3. The number of ketones is 1. The van der Waals surface area contributed by atoms with Crippen molar-refractivity contribution >= 4 is 11.7 Å². The van der Waals surface area contributed by atoms with Crippen LogP contribution in [0.3, 0.4) is 0 Å². The molecule has 0 spiro atoms. The van der Waals surface area contributed by atoms with Crippen molar-refractivity contribution in [2.75, 3.05) is 26.3 Å². The molecule has 210 valence electrons. The Bertz CT molecular complexity index is 1110. The zero-order chi connectivity index (χ0) is 26.5. The molecule has 0 aromatic carbocycles. The summed E-state index contributed by atoms with van der Waals surface area (Å²) in [4.78, 5) is 35.8. The Morgan fingerprint density at radius 3 is 2.79 bits per heavy atom. The molecule has 0 bridgehead atoms. The van der Waals surface area contributed by atoms with Crippen LogP contribution in [0.4, 0.5) is 4.39 Å². The lowest BCUT2D eigenvalue weighted by Gasteiger charge is -2.62. The first kappa shape index (κ1) is 25.6. The highest BCUT2D eigenvalue weighted by Crippen LogP contribution is 2.51. The molecule has 39 heavy (non-hydrogen) atoms. The van der Waals surface area contributed by atoms with Crippen molar-refractivity contribution in [1.29, 1.82) is 0 Å². The summed E-state index contributed by atoms with van der Waals surface area (Å²) in [5.74, 6) is 0.0957. The number of rotatable bonds is 4. The third kappa shape index (κ3) is 4.50. The van der Waals surface area contributed by atoms with E-state index in [9.17, 15) is 9.59 Å². The van der Waals surface area contributed by atoms with Gasteiger partial charge in [-0.2, -0.15) is 0 Å². The fraction of sp³-hybridized carbons (Fsp3) is 0.700. The lowest BCUT2D eigenvalue weighted by atomic mass is 9.63. The number of hydrogen-bond donors (Lipinski definition) is 1. The average molecular weight is 539 g/mol. The number of halogens is 1. The van der Waals surface area contributed by atoms with E-state index in [0.29, 0.717) is 44.7 Å². The summed E-state index contributed by atoms with van der Waals surface area (Å²) in [6.45, 7) is 2.39. The van der Waals surface area contributed by atoms with Gasteiger partial charge in [-0.3, -0.25) is 14.6 Å². The first-order valence-electron chi connectivity index (χ1n) is 14.9. The third-order valence-electron chi connectivity index (χ3n) is 10.3. The Hall–Kier alpha value is -2.36. The molecule has 9 heteroatoms. The number of nitrogens with zero attached hydrogens (tertiary/aromatic N) is 3. The summed E-state index contributed by atoms with van der Waals surface area (Å²) in [5, 5.41) is 3.44. The van der Waals surface area contributed by atoms with Gasteiger partial charge >= 0.3 is 0 Å². The van der Waals surface area contributed by atoms with Crippen LogP contribution in [0.1, 0.15) is 50.5 Å². The van der Waals surface area contributed by atoms with Crippen LogP contribution < -0.4 is 5.32 Å². The van der Waals surface area contributed by atoms with E-state index in [2.05, 4.69) is 15.2 Å². The number of amides is 1. The summed E-state index contributed by atoms with van der Waals surface area (Å²) in [6.07, 6.45) is 10.7. The molecule has 1 aromatic heterocycles. The van der Waals surface area contributed by atoms with Crippen molar-refractivity contribution in [2.45, 2.75) is 88.0 Å².